The van der Waals surface area contributed by atoms with Gasteiger partial charge in [0.2, 0.25) is 0 Å². The lowest BCUT2D eigenvalue weighted by molar-refractivity contribution is -0.118. The van der Waals surface area contributed by atoms with Crippen LogP contribution >= 0.6 is 0 Å². The van der Waals surface area contributed by atoms with Crippen molar-refractivity contribution in [3.63, 3.8) is 0 Å². The molecule has 1 heterocycles. The Kier molecular flexibility index (Phi) is 4.15. The minimum Gasteiger partial charge on any atom is -0.484 e. The Morgan fingerprint density at radius 2 is 1.83 bits per heavy atom. The van der Waals surface area contributed by atoms with Crippen LogP contribution in [-0.4, -0.2) is 22.7 Å². The lowest BCUT2D eigenvalue weighted by Gasteiger charge is -2.09. The van der Waals surface area contributed by atoms with Crippen molar-refractivity contribution in [1.82, 2.24) is 10.2 Å². The number of carbonyl (C=O) groups is 1. The Morgan fingerprint density at radius 3 is 2.62 bits per heavy atom. The number of carbonyl (C=O) groups excluding carboxylic acids is 1. The Hall–Kier alpha value is -3.35. The third-order valence-corrected chi connectivity index (χ3v) is 3.46. The summed E-state index contributed by atoms with van der Waals surface area (Å²) in [6, 6.07) is 12.0. The molecule has 3 aromatic rings. The van der Waals surface area contributed by atoms with Crippen molar-refractivity contribution in [2.45, 2.75) is 6.92 Å². The summed E-state index contributed by atoms with van der Waals surface area (Å²) in [5, 5.41) is 7.42. The van der Waals surface area contributed by atoms with Crippen molar-refractivity contribution in [3.8, 4) is 5.75 Å². The van der Waals surface area contributed by atoms with Crippen molar-refractivity contribution in [2.75, 3.05) is 11.9 Å². The number of H-pyrrole nitrogens is 2. The van der Waals surface area contributed by atoms with Crippen molar-refractivity contribution in [1.29, 1.82) is 0 Å². The van der Waals surface area contributed by atoms with Gasteiger partial charge in [0.25, 0.3) is 17.0 Å². The number of ether oxygens (including phenoxy) is 1. The van der Waals surface area contributed by atoms with Gasteiger partial charge >= 0.3 is 0 Å². The van der Waals surface area contributed by atoms with Gasteiger partial charge in [-0.25, -0.2) is 0 Å². The normalized spacial score (nSPS) is 10.5. The number of aromatic nitrogens is 2. The quantitative estimate of drug-likeness (QED) is 0.677. The average molecular weight is 325 g/mol. The Morgan fingerprint density at radius 1 is 1.08 bits per heavy atom. The zero-order valence-electron chi connectivity index (χ0n) is 12.9. The van der Waals surface area contributed by atoms with Gasteiger partial charge in [-0.05, 0) is 36.8 Å². The van der Waals surface area contributed by atoms with Crippen molar-refractivity contribution < 1.29 is 9.53 Å². The van der Waals surface area contributed by atoms with Crippen molar-refractivity contribution in [3.05, 3.63) is 68.7 Å². The fourth-order valence-corrected chi connectivity index (χ4v) is 2.37. The number of hydrogen-bond acceptors (Lipinski definition) is 4. The third-order valence-electron chi connectivity index (χ3n) is 3.46. The van der Waals surface area contributed by atoms with Gasteiger partial charge in [-0.3, -0.25) is 24.6 Å². The number of hydrogen-bond donors (Lipinski definition) is 3. The largest absolute Gasteiger partial charge is 0.484 e. The van der Waals surface area contributed by atoms with Crippen LogP contribution in [0, 0.1) is 6.92 Å². The summed E-state index contributed by atoms with van der Waals surface area (Å²) in [5.74, 6) is 0.154. The first-order valence-corrected chi connectivity index (χ1v) is 7.27. The van der Waals surface area contributed by atoms with E-state index in [-0.39, 0.29) is 23.1 Å². The number of nitrogens with one attached hydrogen (secondary N) is 3. The maximum Gasteiger partial charge on any atom is 0.272 e. The van der Waals surface area contributed by atoms with E-state index in [4.69, 9.17) is 4.74 Å². The van der Waals surface area contributed by atoms with Gasteiger partial charge in [-0.15, -0.1) is 0 Å². The van der Waals surface area contributed by atoms with E-state index in [1.807, 2.05) is 25.1 Å². The van der Waals surface area contributed by atoms with Gasteiger partial charge in [0, 0.05) is 0 Å². The molecule has 0 spiro atoms. The summed E-state index contributed by atoms with van der Waals surface area (Å²) in [7, 11) is 0. The fourth-order valence-electron chi connectivity index (χ4n) is 2.37. The highest BCUT2D eigenvalue weighted by Crippen LogP contribution is 2.17. The standard InChI is InChI=1S/C17H15N3O4/c1-10-4-2-5-11(8-10)24-9-14(21)18-13-7-3-6-12-15(13)17(23)20-19-16(12)22/h2-8H,9H2,1H3,(H,18,21)(H,19,22)(H,20,23). The lowest BCUT2D eigenvalue weighted by atomic mass is 10.1. The maximum absolute atomic E-state index is 12.1. The van der Waals surface area contributed by atoms with E-state index >= 15 is 0 Å². The molecule has 0 atom stereocenters. The van der Waals surface area contributed by atoms with Gasteiger partial charge in [0.15, 0.2) is 6.61 Å². The van der Waals surface area contributed by atoms with Crippen LogP contribution in [0.1, 0.15) is 5.56 Å². The number of fused-ring (bicyclic) bond motifs is 1. The van der Waals surface area contributed by atoms with Gasteiger partial charge in [-0.1, -0.05) is 18.2 Å². The summed E-state index contributed by atoms with van der Waals surface area (Å²) in [6.45, 7) is 1.72. The molecule has 0 radical (unpaired) electrons. The molecular formula is C17H15N3O4. The van der Waals surface area contributed by atoms with Crippen molar-refractivity contribution in [2.24, 2.45) is 0 Å². The molecule has 3 rings (SSSR count). The van der Waals surface area contributed by atoms with Crippen LogP contribution in [-0.2, 0) is 4.79 Å². The Labute approximate surface area is 136 Å². The molecule has 0 bridgehead atoms. The first-order chi connectivity index (χ1) is 11.5. The Balaban J connectivity index is 1.80. The van der Waals surface area contributed by atoms with Gasteiger partial charge in [-0.2, -0.15) is 0 Å². The summed E-state index contributed by atoms with van der Waals surface area (Å²) in [6.07, 6.45) is 0. The zero-order chi connectivity index (χ0) is 17.1. The van der Waals surface area contributed by atoms with Crippen LogP contribution in [0.25, 0.3) is 10.8 Å². The molecule has 24 heavy (non-hydrogen) atoms. The predicted octanol–water partition coefficient (Wildman–Crippen LogP) is 1.54. The van der Waals surface area contributed by atoms with Gasteiger partial charge in [0.05, 0.1) is 16.5 Å². The van der Waals surface area contributed by atoms with Crippen LogP contribution < -0.4 is 21.2 Å². The highest BCUT2D eigenvalue weighted by atomic mass is 16.5. The monoisotopic (exact) mass is 325 g/mol. The second-order valence-electron chi connectivity index (χ2n) is 5.29. The summed E-state index contributed by atoms with van der Waals surface area (Å²) in [5.41, 5.74) is 0.363. The molecule has 122 valence electrons. The van der Waals surface area contributed by atoms with Crippen LogP contribution in [0.2, 0.25) is 0 Å². The number of rotatable bonds is 4. The number of aromatic amines is 2. The fraction of sp³-hybridized carbons (Fsp3) is 0.118. The zero-order valence-corrected chi connectivity index (χ0v) is 12.9. The molecule has 0 saturated carbocycles. The van der Waals surface area contributed by atoms with E-state index in [0.717, 1.165) is 5.56 Å². The maximum atomic E-state index is 12.1. The number of amides is 1. The molecule has 0 aliphatic rings. The average Bonchev–Trinajstić information content (AvgIpc) is 2.57. The first kappa shape index (κ1) is 15.5. The van der Waals surface area contributed by atoms with Crippen LogP contribution in [0.3, 0.4) is 0 Å². The lowest BCUT2D eigenvalue weighted by Crippen LogP contribution is -2.24. The van der Waals surface area contributed by atoms with Crippen LogP contribution in [0.15, 0.2) is 52.1 Å². The minimum atomic E-state index is -0.486. The molecule has 2 aromatic carbocycles. The number of benzene rings is 2. The molecule has 0 saturated heterocycles. The van der Waals surface area contributed by atoms with Crippen LogP contribution in [0.4, 0.5) is 5.69 Å². The van der Waals surface area contributed by atoms with E-state index in [1.54, 1.807) is 18.2 Å². The third kappa shape index (κ3) is 3.19. The van der Waals surface area contributed by atoms with Crippen LogP contribution in [0.5, 0.6) is 5.75 Å². The highest BCUT2D eigenvalue weighted by Gasteiger charge is 2.11. The molecule has 0 unspecified atom stereocenters. The predicted molar refractivity (Wildman–Crippen MR) is 90.5 cm³/mol. The number of aryl methyl sites for hydroxylation is 1. The van der Waals surface area contributed by atoms with E-state index < -0.39 is 17.0 Å². The summed E-state index contributed by atoms with van der Waals surface area (Å²) in [4.78, 5) is 35.8. The smallest absolute Gasteiger partial charge is 0.272 e. The molecule has 0 fully saturated rings. The highest BCUT2D eigenvalue weighted by molar-refractivity contribution is 6.01. The topological polar surface area (TPSA) is 104 Å². The molecular weight excluding hydrogens is 310 g/mol. The first-order valence-electron chi connectivity index (χ1n) is 7.27. The second-order valence-corrected chi connectivity index (χ2v) is 5.29. The van der Waals surface area contributed by atoms with E-state index in [1.165, 1.54) is 6.07 Å². The molecule has 0 aliphatic heterocycles. The summed E-state index contributed by atoms with van der Waals surface area (Å²) < 4.78 is 5.42. The minimum absolute atomic E-state index is 0.130. The molecule has 1 aromatic heterocycles. The molecule has 0 aliphatic carbocycles. The van der Waals surface area contributed by atoms with Gasteiger partial charge in [0.1, 0.15) is 5.75 Å². The van der Waals surface area contributed by atoms with E-state index in [0.29, 0.717) is 5.75 Å². The molecule has 7 heteroatoms. The van der Waals surface area contributed by atoms with E-state index in [9.17, 15) is 14.4 Å². The van der Waals surface area contributed by atoms with E-state index in [2.05, 4.69) is 15.5 Å². The second kappa shape index (κ2) is 6.41. The van der Waals surface area contributed by atoms with Crippen molar-refractivity contribution >= 4 is 22.4 Å². The molecule has 7 nitrogen and oxygen atoms in total. The molecule has 1 amide bonds. The Bertz CT molecular complexity index is 1020. The SMILES string of the molecule is Cc1cccc(OCC(=O)Nc2cccc3c(=O)[nH][nH]c(=O)c23)c1. The summed E-state index contributed by atoms with van der Waals surface area (Å²) >= 11 is 0. The molecule has 3 N–H and O–H groups in total. The van der Waals surface area contributed by atoms with Gasteiger partial charge < -0.3 is 10.1 Å². The number of anilines is 1.